The molecule has 26 heavy (non-hydrogen) atoms. The van der Waals surface area contributed by atoms with E-state index in [0.29, 0.717) is 23.1 Å². The summed E-state index contributed by atoms with van der Waals surface area (Å²) < 4.78 is 11.3. The largest absolute Gasteiger partial charge is 0.493 e. The smallest absolute Gasteiger partial charge is 0.161 e. The van der Waals surface area contributed by atoms with Crippen molar-refractivity contribution in [1.82, 2.24) is 0 Å². The van der Waals surface area contributed by atoms with Crippen LogP contribution in [-0.4, -0.2) is 13.3 Å². The molecule has 3 rings (SSSR count). The fourth-order valence-electron chi connectivity index (χ4n) is 2.50. The Morgan fingerprint density at radius 2 is 1.77 bits per heavy atom. The van der Waals surface area contributed by atoms with E-state index in [4.69, 9.17) is 21.1 Å². The summed E-state index contributed by atoms with van der Waals surface area (Å²) >= 11 is 6.14. The van der Waals surface area contributed by atoms with Gasteiger partial charge in [0, 0.05) is 11.2 Å². The van der Waals surface area contributed by atoms with E-state index < -0.39 is 0 Å². The van der Waals surface area contributed by atoms with Gasteiger partial charge in [-0.1, -0.05) is 48.0 Å². The van der Waals surface area contributed by atoms with E-state index in [1.165, 1.54) is 0 Å². The van der Waals surface area contributed by atoms with Gasteiger partial charge in [-0.05, 0) is 53.9 Å². The highest BCUT2D eigenvalue weighted by molar-refractivity contribution is 6.31. The van der Waals surface area contributed by atoms with Crippen LogP contribution in [-0.2, 0) is 6.61 Å². The normalized spacial score (nSPS) is 10.9. The minimum Gasteiger partial charge on any atom is -0.493 e. The molecule has 0 saturated heterocycles. The highest BCUT2D eigenvalue weighted by Gasteiger charge is 2.06. The number of hydrogen-bond donors (Lipinski definition) is 0. The Morgan fingerprint density at radius 3 is 2.54 bits per heavy atom. The lowest BCUT2D eigenvalue weighted by molar-refractivity contribution is 0.284. The summed E-state index contributed by atoms with van der Waals surface area (Å²) in [7, 11) is 1.63. The summed E-state index contributed by atoms with van der Waals surface area (Å²) in [5.74, 6) is 1.38. The van der Waals surface area contributed by atoms with Gasteiger partial charge < -0.3 is 9.47 Å². The van der Waals surface area contributed by atoms with E-state index in [-0.39, 0.29) is 0 Å². The lowest BCUT2D eigenvalue weighted by Gasteiger charge is -2.11. The topological polar surface area (TPSA) is 30.8 Å². The van der Waals surface area contributed by atoms with Gasteiger partial charge in [0.2, 0.25) is 0 Å². The third-order valence-corrected chi connectivity index (χ3v) is 4.43. The van der Waals surface area contributed by atoms with Crippen molar-refractivity contribution in [3.05, 3.63) is 88.4 Å². The van der Waals surface area contributed by atoms with Crippen LogP contribution in [0.2, 0.25) is 5.02 Å². The summed E-state index contributed by atoms with van der Waals surface area (Å²) in [5.41, 5.74) is 3.84. The summed E-state index contributed by atoms with van der Waals surface area (Å²) in [6.07, 6.45) is 1.79. The van der Waals surface area contributed by atoms with E-state index in [1.54, 1.807) is 13.3 Å². The van der Waals surface area contributed by atoms with Gasteiger partial charge in [-0.2, -0.15) is 0 Å². The fraction of sp³-hybridized carbons (Fsp3) is 0.136. The van der Waals surface area contributed by atoms with Crippen LogP contribution in [0, 0.1) is 6.92 Å². The van der Waals surface area contributed by atoms with Gasteiger partial charge in [0.25, 0.3) is 0 Å². The average molecular weight is 366 g/mol. The predicted octanol–water partition coefficient (Wildman–Crippen LogP) is 5.99. The molecule has 0 saturated carbocycles. The minimum atomic E-state index is 0.492. The second-order valence-electron chi connectivity index (χ2n) is 5.83. The zero-order valence-corrected chi connectivity index (χ0v) is 15.5. The summed E-state index contributed by atoms with van der Waals surface area (Å²) in [4.78, 5) is 4.53. The van der Waals surface area contributed by atoms with Gasteiger partial charge in [0.1, 0.15) is 6.61 Å². The van der Waals surface area contributed by atoms with Gasteiger partial charge in [0.05, 0.1) is 12.8 Å². The molecule has 0 aliphatic heterocycles. The van der Waals surface area contributed by atoms with Crippen LogP contribution in [0.15, 0.2) is 71.7 Å². The molecule has 0 bridgehead atoms. The van der Waals surface area contributed by atoms with Crippen LogP contribution >= 0.6 is 11.6 Å². The van der Waals surface area contributed by atoms with Crippen LogP contribution in [0.5, 0.6) is 11.5 Å². The highest BCUT2D eigenvalue weighted by atomic mass is 35.5. The van der Waals surface area contributed by atoms with Crippen LogP contribution in [0.3, 0.4) is 0 Å². The second-order valence-corrected chi connectivity index (χ2v) is 6.23. The Hall–Kier alpha value is -2.78. The third-order valence-electron chi connectivity index (χ3n) is 4.02. The molecule has 0 fully saturated rings. The molecule has 0 heterocycles. The summed E-state index contributed by atoms with van der Waals surface area (Å²) in [5, 5.41) is 0.710. The lowest BCUT2D eigenvalue weighted by atomic mass is 10.2. The first kappa shape index (κ1) is 18.0. The number of methoxy groups -OCH3 is 1. The maximum absolute atomic E-state index is 6.14. The predicted molar refractivity (Wildman–Crippen MR) is 107 cm³/mol. The van der Waals surface area contributed by atoms with Crippen molar-refractivity contribution in [2.45, 2.75) is 13.5 Å². The van der Waals surface area contributed by atoms with Gasteiger partial charge in [-0.15, -0.1) is 0 Å². The van der Waals surface area contributed by atoms with Crippen molar-refractivity contribution in [2.75, 3.05) is 7.11 Å². The summed E-state index contributed by atoms with van der Waals surface area (Å²) in [6.45, 7) is 2.45. The van der Waals surface area contributed by atoms with Crippen molar-refractivity contribution in [1.29, 1.82) is 0 Å². The van der Waals surface area contributed by atoms with E-state index >= 15 is 0 Å². The molecule has 3 nitrogen and oxygen atoms in total. The van der Waals surface area contributed by atoms with Gasteiger partial charge in [-0.25, -0.2) is 0 Å². The molecule has 132 valence electrons. The molecule has 0 aliphatic rings. The number of benzene rings is 3. The molecule has 0 N–H and O–H groups in total. The SMILES string of the molecule is COc1cc(C=Nc2cccc(Cl)c2C)ccc1OCc1ccccc1. The molecule has 3 aromatic rings. The number of aliphatic imine (C=N–C) groups is 1. The molecule has 0 aliphatic carbocycles. The van der Waals surface area contributed by atoms with Crippen LogP contribution in [0.4, 0.5) is 5.69 Å². The Morgan fingerprint density at radius 1 is 0.962 bits per heavy atom. The van der Waals surface area contributed by atoms with E-state index in [1.807, 2.05) is 73.7 Å². The van der Waals surface area contributed by atoms with Crippen LogP contribution in [0.1, 0.15) is 16.7 Å². The molecule has 0 unspecified atom stereocenters. The van der Waals surface area contributed by atoms with Gasteiger partial charge in [0.15, 0.2) is 11.5 Å². The van der Waals surface area contributed by atoms with E-state index in [0.717, 1.165) is 22.4 Å². The van der Waals surface area contributed by atoms with Crippen molar-refractivity contribution in [3.63, 3.8) is 0 Å². The molecule has 0 aromatic heterocycles. The molecule has 0 amide bonds. The highest BCUT2D eigenvalue weighted by Crippen LogP contribution is 2.29. The number of nitrogens with zero attached hydrogens (tertiary/aromatic N) is 1. The van der Waals surface area contributed by atoms with Crippen molar-refractivity contribution in [2.24, 2.45) is 4.99 Å². The zero-order valence-electron chi connectivity index (χ0n) is 14.8. The van der Waals surface area contributed by atoms with E-state index in [9.17, 15) is 0 Å². The molecule has 4 heteroatoms. The van der Waals surface area contributed by atoms with E-state index in [2.05, 4.69) is 4.99 Å². The first-order chi connectivity index (χ1) is 12.7. The molecule has 0 atom stereocenters. The Kier molecular flexibility index (Phi) is 5.92. The number of rotatable bonds is 6. The zero-order chi connectivity index (χ0) is 18.4. The maximum atomic E-state index is 6.14. The van der Waals surface area contributed by atoms with Crippen molar-refractivity contribution in [3.8, 4) is 11.5 Å². The number of hydrogen-bond acceptors (Lipinski definition) is 3. The fourth-order valence-corrected chi connectivity index (χ4v) is 2.67. The minimum absolute atomic E-state index is 0.492. The Labute approximate surface area is 158 Å². The van der Waals surface area contributed by atoms with Crippen LogP contribution < -0.4 is 9.47 Å². The Bertz CT molecular complexity index is 907. The number of ether oxygens (including phenoxy) is 2. The second kappa shape index (κ2) is 8.54. The molecule has 3 aromatic carbocycles. The van der Waals surface area contributed by atoms with Crippen molar-refractivity contribution < 1.29 is 9.47 Å². The molecule has 0 spiro atoms. The van der Waals surface area contributed by atoms with Gasteiger partial charge in [-0.3, -0.25) is 4.99 Å². The third kappa shape index (κ3) is 4.44. The average Bonchev–Trinajstić information content (AvgIpc) is 2.68. The first-order valence-electron chi connectivity index (χ1n) is 8.31. The molecular weight excluding hydrogens is 346 g/mol. The standard InChI is InChI=1S/C22H20ClNO2/c1-16-19(23)9-6-10-20(16)24-14-18-11-12-21(22(13-18)25-2)26-15-17-7-4-3-5-8-17/h3-14H,15H2,1-2H3. The summed E-state index contributed by atoms with van der Waals surface area (Å²) in [6, 6.07) is 21.5. The maximum Gasteiger partial charge on any atom is 0.161 e. The lowest BCUT2D eigenvalue weighted by Crippen LogP contribution is -1.98. The quantitative estimate of drug-likeness (QED) is 0.502. The molecular formula is C22H20ClNO2. The van der Waals surface area contributed by atoms with Crippen molar-refractivity contribution >= 4 is 23.5 Å². The molecule has 0 radical (unpaired) electrons. The van der Waals surface area contributed by atoms with Gasteiger partial charge >= 0.3 is 0 Å². The number of halogens is 1. The first-order valence-corrected chi connectivity index (χ1v) is 8.69. The monoisotopic (exact) mass is 365 g/mol. The Balaban J connectivity index is 1.76. The van der Waals surface area contributed by atoms with Crippen LogP contribution in [0.25, 0.3) is 0 Å².